The summed E-state index contributed by atoms with van der Waals surface area (Å²) in [7, 11) is 0. The smallest absolute Gasteiger partial charge is 0.305 e. The summed E-state index contributed by atoms with van der Waals surface area (Å²) in [6, 6.07) is 6.84. The number of ether oxygens (including phenoxy) is 2. The number of carboxylic acid groups (broad SMARTS) is 1. The fraction of sp³-hybridized carbons (Fsp3) is 0.556. The van der Waals surface area contributed by atoms with Gasteiger partial charge < -0.3 is 19.5 Å². The van der Waals surface area contributed by atoms with Gasteiger partial charge in [-0.05, 0) is 38.3 Å². The van der Waals surface area contributed by atoms with Crippen LogP contribution in [0.15, 0.2) is 24.3 Å². The Morgan fingerprint density at radius 2 is 2.04 bits per heavy atom. The van der Waals surface area contributed by atoms with E-state index in [9.17, 15) is 9.59 Å². The molecule has 1 saturated heterocycles. The minimum absolute atomic E-state index is 0.0148. The number of benzene rings is 1. The van der Waals surface area contributed by atoms with Crippen LogP contribution in [0, 0.1) is 0 Å². The Morgan fingerprint density at radius 1 is 1.25 bits per heavy atom. The number of carboxylic acids is 1. The number of likely N-dealkylation sites (tertiary alicyclic amines) is 1. The zero-order chi connectivity index (χ0) is 17.4. The molecule has 1 aliphatic rings. The molecule has 132 valence electrons. The molecule has 0 radical (unpaired) electrons. The first kappa shape index (κ1) is 18.3. The molecular weight excluding hydrogens is 310 g/mol. The predicted octanol–water partition coefficient (Wildman–Crippen LogP) is 2.57. The Morgan fingerprint density at radius 3 is 2.79 bits per heavy atom. The third-order valence-corrected chi connectivity index (χ3v) is 4.11. The molecule has 0 aliphatic carbocycles. The van der Waals surface area contributed by atoms with E-state index in [0.29, 0.717) is 37.7 Å². The minimum Gasteiger partial charge on any atom is -0.490 e. The van der Waals surface area contributed by atoms with Gasteiger partial charge in [-0.2, -0.15) is 0 Å². The second kappa shape index (κ2) is 9.27. The molecule has 1 N–H and O–H groups in total. The van der Waals surface area contributed by atoms with Crippen molar-refractivity contribution in [3.8, 4) is 5.75 Å². The second-order valence-corrected chi connectivity index (χ2v) is 5.79. The van der Waals surface area contributed by atoms with E-state index in [1.165, 1.54) is 0 Å². The number of carbonyl (C=O) groups excluding carboxylic acids is 1. The lowest BCUT2D eigenvalue weighted by Crippen LogP contribution is -2.44. The van der Waals surface area contributed by atoms with Gasteiger partial charge in [0, 0.05) is 19.2 Å². The van der Waals surface area contributed by atoms with Crippen LogP contribution in [0.4, 0.5) is 0 Å². The summed E-state index contributed by atoms with van der Waals surface area (Å²) in [6.45, 7) is 3.95. The molecule has 0 bridgehead atoms. The fourth-order valence-electron chi connectivity index (χ4n) is 2.96. The molecule has 0 unspecified atom stereocenters. The molecule has 0 spiro atoms. The molecule has 6 nitrogen and oxygen atoms in total. The highest BCUT2D eigenvalue weighted by Crippen LogP contribution is 2.26. The molecule has 1 aliphatic heterocycles. The zero-order valence-electron chi connectivity index (χ0n) is 14.1. The van der Waals surface area contributed by atoms with Gasteiger partial charge in [-0.25, -0.2) is 0 Å². The van der Waals surface area contributed by atoms with Gasteiger partial charge in [0.1, 0.15) is 12.4 Å². The van der Waals surface area contributed by atoms with Crippen molar-refractivity contribution in [3.63, 3.8) is 0 Å². The number of amides is 1. The highest BCUT2D eigenvalue weighted by molar-refractivity contribution is 5.97. The third kappa shape index (κ3) is 4.96. The quantitative estimate of drug-likeness (QED) is 0.739. The molecule has 0 aromatic heterocycles. The zero-order valence-corrected chi connectivity index (χ0v) is 14.1. The lowest BCUT2D eigenvalue weighted by atomic mass is 9.98. The highest BCUT2D eigenvalue weighted by atomic mass is 16.5. The maximum absolute atomic E-state index is 12.9. The monoisotopic (exact) mass is 335 g/mol. The van der Waals surface area contributed by atoms with Crippen molar-refractivity contribution in [1.29, 1.82) is 0 Å². The Labute approximate surface area is 142 Å². The van der Waals surface area contributed by atoms with Gasteiger partial charge in [-0.3, -0.25) is 9.59 Å². The molecule has 2 rings (SSSR count). The average Bonchev–Trinajstić information content (AvgIpc) is 2.58. The van der Waals surface area contributed by atoms with Crippen LogP contribution in [0.3, 0.4) is 0 Å². The molecule has 1 heterocycles. The summed E-state index contributed by atoms with van der Waals surface area (Å²) in [5.41, 5.74) is 0.478. The van der Waals surface area contributed by atoms with Gasteiger partial charge >= 0.3 is 5.97 Å². The largest absolute Gasteiger partial charge is 0.490 e. The van der Waals surface area contributed by atoms with Crippen molar-refractivity contribution in [2.75, 3.05) is 26.4 Å². The summed E-state index contributed by atoms with van der Waals surface area (Å²) in [5, 5.41) is 9.08. The second-order valence-electron chi connectivity index (χ2n) is 5.79. The Kier molecular flexibility index (Phi) is 7.06. The van der Waals surface area contributed by atoms with Gasteiger partial charge in [0.25, 0.3) is 5.91 Å². The molecule has 0 saturated carbocycles. The van der Waals surface area contributed by atoms with Crippen LogP contribution in [-0.2, 0) is 9.53 Å². The number of hydrogen-bond donors (Lipinski definition) is 1. The highest BCUT2D eigenvalue weighted by Gasteiger charge is 2.30. The van der Waals surface area contributed by atoms with Crippen LogP contribution in [0.1, 0.15) is 43.0 Å². The number of hydrogen-bond acceptors (Lipinski definition) is 4. The SMILES string of the molecule is CCOCCOc1ccccc1C(=O)N1CCCC[C@@H]1CC(=O)O. The lowest BCUT2D eigenvalue weighted by molar-refractivity contribution is -0.138. The Hall–Kier alpha value is -2.08. The molecule has 1 amide bonds. The number of para-hydroxylation sites is 1. The minimum atomic E-state index is -0.874. The summed E-state index contributed by atoms with van der Waals surface area (Å²) < 4.78 is 10.9. The maximum atomic E-state index is 12.9. The van der Waals surface area contributed by atoms with Gasteiger partial charge in [0.05, 0.1) is 18.6 Å². The maximum Gasteiger partial charge on any atom is 0.305 e. The van der Waals surface area contributed by atoms with Gasteiger partial charge in [-0.15, -0.1) is 0 Å². The van der Waals surface area contributed by atoms with Gasteiger partial charge in [0.2, 0.25) is 0 Å². The van der Waals surface area contributed by atoms with E-state index in [2.05, 4.69) is 0 Å². The number of rotatable bonds is 8. The van der Waals surface area contributed by atoms with E-state index in [1.807, 2.05) is 13.0 Å². The van der Waals surface area contributed by atoms with Crippen LogP contribution in [0.5, 0.6) is 5.75 Å². The number of piperidine rings is 1. The molecule has 24 heavy (non-hydrogen) atoms. The van der Waals surface area contributed by atoms with Crippen molar-refractivity contribution >= 4 is 11.9 Å². The average molecular weight is 335 g/mol. The topological polar surface area (TPSA) is 76.1 Å². The first-order valence-corrected chi connectivity index (χ1v) is 8.45. The van der Waals surface area contributed by atoms with Crippen LogP contribution in [0.25, 0.3) is 0 Å². The van der Waals surface area contributed by atoms with Gasteiger partial charge in [-0.1, -0.05) is 12.1 Å². The van der Waals surface area contributed by atoms with Crippen LogP contribution in [-0.4, -0.2) is 54.3 Å². The van der Waals surface area contributed by atoms with Crippen LogP contribution in [0.2, 0.25) is 0 Å². The number of aliphatic carboxylic acids is 1. The Bertz CT molecular complexity index is 560. The van der Waals surface area contributed by atoms with Crippen LogP contribution >= 0.6 is 0 Å². The van der Waals surface area contributed by atoms with E-state index in [0.717, 1.165) is 19.3 Å². The molecule has 1 atom stereocenters. The molecule has 1 aromatic rings. The first-order valence-electron chi connectivity index (χ1n) is 8.45. The molecule has 6 heteroatoms. The lowest BCUT2D eigenvalue weighted by Gasteiger charge is -2.35. The standard InChI is InChI=1S/C18H25NO5/c1-2-23-11-12-24-16-9-4-3-8-15(16)18(22)19-10-6-5-7-14(19)13-17(20)21/h3-4,8-9,14H,2,5-7,10-13H2,1H3,(H,20,21)/t14-/m1/s1. The van der Waals surface area contributed by atoms with E-state index >= 15 is 0 Å². The van der Waals surface area contributed by atoms with E-state index in [-0.39, 0.29) is 18.4 Å². The van der Waals surface area contributed by atoms with E-state index < -0.39 is 5.97 Å². The van der Waals surface area contributed by atoms with E-state index in [4.69, 9.17) is 14.6 Å². The number of nitrogens with zero attached hydrogens (tertiary/aromatic N) is 1. The third-order valence-electron chi connectivity index (χ3n) is 4.11. The van der Waals surface area contributed by atoms with Crippen molar-refractivity contribution in [2.24, 2.45) is 0 Å². The first-order chi connectivity index (χ1) is 11.6. The van der Waals surface area contributed by atoms with Crippen molar-refractivity contribution < 1.29 is 24.2 Å². The van der Waals surface area contributed by atoms with Crippen molar-refractivity contribution in [3.05, 3.63) is 29.8 Å². The summed E-state index contributed by atoms with van der Waals surface area (Å²) in [4.78, 5) is 25.7. The molecule has 1 aromatic carbocycles. The number of carbonyl (C=O) groups is 2. The van der Waals surface area contributed by atoms with Crippen LogP contribution < -0.4 is 4.74 Å². The Balaban J connectivity index is 2.11. The van der Waals surface area contributed by atoms with Crippen molar-refractivity contribution in [1.82, 2.24) is 4.90 Å². The van der Waals surface area contributed by atoms with Crippen molar-refractivity contribution in [2.45, 2.75) is 38.6 Å². The predicted molar refractivity (Wildman–Crippen MR) is 89.4 cm³/mol. The molecular formula is C18H25NO5. The van der Waals surface area contributed by atoms with Gasteiger partial charge in [0.15, 0.2) is 0 Å². The normalized spacial score (nSPS) is 17.5. The van der Waals surface area contributed by atoms with E-state index in [1.54, 1.807) is 23.1 Å². The summed E-state index contributed by atoms with van der Waals surface area (Å²) >= 11 is 0. The summed E-state index contributed by atoms with van der Waals surface area (Å²) in [6.07, 6.45) is 2.56. The summed E-state index contributed by atoms with van der Waals surface area (Å²) in [5.74, 6) is -0.518. The fourth-order valence-corrected chi connectivity index (χ4v) is 2.96. The molecule has 1 fully saturated rings.